The summed E-state index contributed by atoms with van der Waals surface area (Å²) < 4.78 is 5.57. The second-order valence-electron chi connectivity index (χ2n) is 10.7. The van der Waals surface area contributed by atoms with Gasteiger partial charge < -0.3 is 20.1 Å². The van der Waals surface area contributed by atoms with Gasteiger partial charge in [0.15, 0.2) is 0 Å². The summed E-state index contributed by atoms with van der Waals surface area (Å²) in [6.45, 7) is 3.24. The van der Waals surface area contributed by atoms with E-state index in [0.717, 1.165) is 48.3 Å². The number of likely N-dealkylation sites (N-methyl/N-ethyl adjacent to an activating group) is 1. The van der Waals surface area contributed by atoms with E-state index < -0.39 is 30.4 Å². The van der Waals surface area contributed by atoms with Crippen molar-refractivity contribution in [1.82, 2.24) is 15.1 Å². The molecule has 0 radical (unpaired) electrons. The Morgan fingerprint density at radius 2 is 1.60 bits per heavy atom. The molecule has 8 nitrogen and oxygen atoms in total. The number of carbonyl (C=O) groups is 3. The molecule has 0 spiro atoms. The molecule has 2 amide bonds. The number of amides is 2. The molecule has 0 saturated carbocycles. The normalized spacial score (nSPS) is 17.1. The van der Waals surface area contributed by atoms with Crippen molar-refractivity contribution in [3.05, 3.63) is 95.6 Å². The molecule has 1 aliphatic heterocycles. The highest BCUT2D eigenvalue weighted by atomic mass is 16.5. The van der Waals surface area contributed by atoms with Crippen LogP contribution in [0.4, 0.5) is 4.79 Å². The Morgan fingerprint density at radius 3 is 2.25 bits per heavy atom. The van der Waals surface area contributed by atoms with E-state index in [1.165, 1.54) is 10.5 Å². The topological polar surface area (TPSA) is 99.2 Å². The molecule has 8 heteroatoms. The smallest absolute Gasteiger partial charge is 0.407 e. The van der Waals surface area contributed by atoms with Crippen molar-refractivity contribution in [3.8, 4) is 11.1 Å². The van der Waals surface area contributed by atoms with Crippen LogP contribution in [0.3, 0.4) is 0 Å². The molecule has 0 bridgehead atoms. The Morgan fingerprint density at radius 1 is 0.975 bits per heavy atom. The minimum Gasteiger partial charge on any atom is -0.481 e. The lowest BCUT2D eigenvalue weighted by Crippen LogP contribution is -2.49. The van der Waals surface area contributed by atoms with Crippen LogP contribution in [0.15, 0.2) is 78.9 Å². The fourth-order valence-electron chi connectivity index (χ4n) is 5.95. The molecule has 3 aromatic rings. The molecule has 2 aliphatic rings. The van der Waals surface area contributed by atoms with Gasteiger partial charge in [0, 0.05) is 32.6 Å². The maximum atomic E-state index is 13.2. The molecule has 5 rings (SSSR count). The Hall–Kier alpha value is -4.17. The van der Waals surface area contributed by atoms with E-state index in [2.05, 4.69) is 34.5 Å². The van der Waals surface area contributed by atoms with Crippen molar-refractivity contribution in [1.29, 1.82) is 0 Å². The molecule has 1 saturated heterocycles. The first-order chi connectivity index (χ1) is 19.4. The highest BCUT2D eigenvalue weighted by molar-refractivity contribution is 5.89. The fourth-order valence-corrected chi connectivity index (χ4v) is 5.95. The number of nitrogens with one attached hydrogen (secondary N) is 1. The monoisotopic (exact) mass is 541 g/mol. The van der Waals surface area contributed by atoms with Crippen LogP contribution < -0.4 is 5.32 Å². The highest BCUT2D eigenvalue weighted by Gasteiger charge is 2.32. The number of alkyl carbamates (subject to hydrolysis) is 1. The van der Waals surface area contributed by atoms with Gasteiger partial charge in [-0.05, 0) is 46.7 Å². The van der Waals surface area contributed by atoms with Gasteiger partial charge >= 0.3 is 12.1 Å². The number of aliphatic carboxylic acids is 1. The lowest BCUT2D eigenvalue weighted by molar-refractivity contribution is -0.142. The molecular weight excluding hydrogens is 506 g/mol. The lowest BCUT2D eigenvalue weighted by atomic mass is 9.98. The first-order valence-electron chi connectivity index (χ1n) is 13.7. The van der Waals surface area contributed by atoms with Crippen molar-refractivity contribution in [3.63, 3.8) is 0 Å². The van der Waals surface area contributed by atoms with Crippen LogP contribution in [0.25, 0.3) is 11.1 Å². The summed E-state index contributed by atoms with van der Waals surface area (Å²) in [5.74, 6) is -1.45. The average Bonchev–Trinajstić information content (AvgIpc) is 3.53. The molecule has 208 valence electrons. The van der Waals surface area contributed by atoms with Crippen LogP contribution in [-0.4, -0.2) is 72.2 Å². The van der Waals surface area contributed by atoms with E-state index in [1.54, 1.807) is 7.05 Å². The van der Waals surface area contributed by atoms with Gasteiger partial charge in [-0.15, -0.1) is 0 Å². The number of benzene rings is 3. The minimum atomic E-state index is -1.21. The zero-order valence-electron chi connectivity index (χ0n) is 22.7. The maximum Gasteiger partial charge on any atom is 0.407 e. The molecular formula is C32H35N3O5. The summed E-state index contributed by atoms with van der Waals surface area (Å²) in [6.07, 6.45) is -0.365. The van der Waals surface area contributed by atoms with E-state index in [1.807, 2.05) is 54.6 Å². The number of likely N-dealkylation sites (tertiary alicyclic amines) is 1. The Balaban J connectivity index is 1.16. The van der Waals surface area contributed by atoms with Gasteiger partial charge in [-0.25, -0.2) is 4.79 Å². The van der Waals surface area contributed by atoms with Crippen molar-refractivity contribution < 1.29 is 24.2 Å². The molecule has 40 heavy (non-hydrogen) atoms. The van der Waals surface area contributed by atoms with E-state index in [4.69, 9.17) is 4.74 Å². The van der Waals surface area contributed by atoms with E-state index in [9.17, 15) is 19.5 Å². The van der Waals surface area contributed by atoms with E-state index in [0.29, 0.717) is 6.54 Å². The van der Waals surface area contributed by atoms with E-state index >= 15 is 0 Å². The van der Waals surface area contributed by atoms with Crippen LogP contribution in [0.2, 0.25) is 0 Å². The number of ether oxygens (including phenoxy) is 1. The van der Waals surface area contributed by atoms with Crippen molar-refractivity contribution in [2.24, 2.45) is 5.92 Å². The zero-order chi connectivity index (χ0) is 28.1. The van der Waals surface area contributed by atoms with Gasteiger partial charge in [0.25, 0.3) is 0 Å². The summed E-state index contributed by atoms with van der Waals surface area (Å²) in [7, 11) is 1.66. The minimum absolute atomic E-state index is 0.0863. The Kier molecular flexibility index (Phi) is 8.45. The number of hydrogen-bond acceptors (Lipinski definition) is 5. The average molecular weight is 542 g/mol. The fraction of sp³-hybridized carbons (Fsp3) is 0.344. The summed E-state index contributed by atoms with van der Waals surface area (Å²) in [5, 5.41) is 12.0. The Labute approximate surface area is 234 Å². The van der Waals surface area contributed by atoms with Gasteiger partial charge in [0.05, 0.1) is 6.42 Å². The SMILES string of the molecule is CN(CC1CCN(Cc2ccccc2)C1)C(=O)C(CC(=O)O)NC(=O)OCC1c2ccccc2-c2ccccc21. The molecule has 1 heterocycles. The van der Waals surface area contributed by atoms with Gasteiger partial charge in [0.1, 0.15) is 12.6 Å². The molecule has 3 aromatic carbocycles. The van der Waals surface area contributed by atoms with E-state index in [-0.39, 0.29) is 18.4 Å². The number of carboxylic acid groups (broad SMARTS) is 1. The van der Waals surface area contributed by atoms with Crippen molar-refractivity contribution in [2.45, 2.75) is 31.3 Å². The Bertz CT molecular complexity index is 1320. The van der Waals surface area contributed by atoms with Gasteiger partial charge in [-0.2, -0.15) is 0 Å². The first-order valence-corrected chi connectivity index (χ1v) is 13.7. The standard InChI is InChI=1S/C32H35N3O5/c1-34(18-23-15-16-35(20-23)19-22-9-3-2-4-10-22)31(38)29(17-30(36)37)33-32(39)40-21-28-26-13-7-5-11-24(26)25-12-6-8-14-27(25)28/h2-14,23,28-29H,15-21H2,1H3,(H,33,39)(H,36,37). The largest absolute Gasteiger partial charge is 0.481 e. The van der Waals surface area contributed by atoms with Crippen LogP contribution in [0, 0.1) is 5.92 Å². The molecule has 2 atom stereocenters. The van der Waals surface area contributed by atoms with Gasteiger partial charge in [-0.1, -0.05) is 78.9 Å². The summed E-state index contributed by atoms with van der Waals surface area (Å²) in [5.41, 5.74) is 5.63. The number of rotatable bonds is 10. The first kappa shape index (κ1) is 27.4. The van der Waals surface area contributed by atoms with Crippen LogP contribution in [0.1, 0.15) is 35.4 Å². The van der Waals surface area contributed by atoms with Crippen LogP contribution in [-0.2, 0) is 20.9 Å². The number of fused-ring (bicyclic) bond motifs is 3. The van der Waals surface area contributed by atoms with Crippen molar-refractivity contribution >= 4 is 18.0 Å². The second-order valence-corrected chi connectivity index (χ2v) is 10.7. The third-order valence-corrected chi connectivity index (χ3v) is 7.84. The molecule has 0 aromatic heterocycles. The number of carbonyl (C=O) groups excluding carboxylic acids is 2. The van der Waals surface area contributed by atoms with Crippen LogP contribution in [0.5, 0.6) is 0 Å². The third kappa shape index (κ3) is 6.34. The summed E-state index contributed by atoms with van der Waals surface area (Å²) in [6, 6.07) is 25.1. The highest BCUT2D eigenvalue weighted by Crippen LogP contribution is 2.44. The van der Waals surface area contributed by atoms with Crippen LogP contribution >= 0.6 is 0 Å². The molecule has 2 N–H and O–H groups in total. The maximum absolute atomic E-state index is 13.2. The predicted octanol–water partition coefficient (Wildman–Crippen LogP) is 4.35. The quantitative estimate of drug-likeness (QED) is 0.396. The van der Waals surface area contributed by atoms with Crippen molar-refractivity contribution in [2.75, 3.05) is 33.3 Å². The summed E-state index contributed by atoms with van der Waals surface area (Å²) in [4.78, 5) is 41.5. The zero-order valence-corrected chi connectivity index (χ0v) is 22.7. The number of carboxylic acids is 1. The van der Waals surface area contributed by atoms with Gasteiger partial charge in [-0.3, -0.25) is 14.5 Å². The second kappa shape index (κ2) is 12.3. The molecule has 2 unspecified atom stereocenters. The lowest BCUT2D eigenvalue weighted by Gasteiger charge is -2.26. The number of hydrogen-bond donors (Lipinski definition) is 2. The molecule has 1 aliphatic carbocycles. The number of nitrogens with zero attached hydrogens (tertiary/aromatic N) is 2. The third-order valence-electron chi connectivity index (χ3n) is 7.84. The molecule has 1 fully saturated rings. The summed E-state index contributed by atoms with van der Waals surface area (Å²) >= 11 is 0. The predicted molar refractivity (Wildman–Crippen MR) is 152 cm³/mol. The van der Waals surface area contributed by atoms with Gasteiger partial charge in [0.2, 0.25) is 5.91 Å².